The molecule has 10 nitrogen and oxygen atoms in total. The van der Waals surface area contributed by atoms with Crippen LogP contribution in [-0.4, -0.2) is 38.6 Å². The Bertz CT molecular complexity index is 1480. The molecule has 0 aliphatic carbocycles. The minimum atomic E-state index is -4.64. The van der Waals surface area contributed by atoms with Gasteiger partial charge in [-0.15, -0.1) is 0 Å². The van der Waals surface area contributed by atoms with E-state index in [4.69, 9.17) is 4.74 Å². The third-order valence-corrected chi connectivity index (χ3v) is 5.06. The smallest absolute Gasteiger partial charge is 0.417 e. The fourth-order valence-electron chi connectivity index (χ4n) is 3.44. The number of ether oxygens (including phenoxy) is 1. The molecule has 0 saturated carbocycles. The van der Waals surface area contributed by atoms with E-state index in [0.717, 1.165) is 22.1 Å². The maximum atomic E-state index is 13.0. The number of hydrogen-bond acceptors (Lipinski definition) is 6. The number of H-pyrrole nitrogens is 2. The summed E-state index contributed by atoms with van der Waals surface area (Å²) in [7, 11) is 0. The zero-order valence-electron chi connectivity index (χ0n) is 17.0. The minimum absolute atomic E-state index is 0.140. The molecule has 5 rings (SSSR count). The average Bonchev–Trinajstić information content (AvgIpc) is 3.32. The van der Waals surface area contributed by atoms with Crippen LogP contribution in [0.4, 0.5) is 29.3 Å². The molecule has 1 aliphatic heterocycles. The van der Waals surface area contributed by atoms with E-state index in [-0.39, 0.29) is 16.9 Å². The van der Waals surface area contributed by atoms with Gasteiger partial charge in [-0.25, -0.2) is 14.7 Å². The van der Waals surface area contributed by atoms with Crippen LogP contribution in [0.15, 0.2) is 59.8 Å². The number of alkyl halides is 3. The standard InChI is InChI=1S/C21H13F3N6O4/c22-21(23,24)11-5-13(8-25-7-11)29-10-17(31)30(20(29)33)12-1-3-14(4-2-12)34-15-6-16-18(26-9-15)27-28-19(16)32/h1-9H,10H2,(H2,26,27,28,32). The van der Waals surface area contributed by atoms with E-state index in [1.165, 1.54) is 36.5 Å². The fourth-order valence-corrected chi connectivity index (χ4v) is 3.44. The molecule has 0 bridgehead atoms. The third kappa shape index (κ3) is 3.72. The first kappa shape index (κ1) is 21.2. The first-order valence-electron chi connectivity index (χ1n) is 9.72. The zero-order valence-corrected chi connectivity index (χ0v) is 17.0. The number of aromatic amines is 2. The van der Waals surface area contributed by atoms with Crippen molar-refractivity contribution in [1.29, 1.82) is 0 Å². The maximum absolute atomic E-state index is 13.0. The van der Waals surface area contributed by atoms with Crippen LogP contribution in [0.1, 0.15) is 5.56 Å². The number of amides is 3. The molecule has 4 heterocycles. The number of urea groups is 1. The SMILES string of the molecule is O=C1CN(c2cncc(C(F)(F)F)c2)C(=O)N1c1ccc(Oc2cnc3[nH][nH]c(=O)c3c2)cc1. The summed E-state index contributed by atoms with van der Waals surface area (Å²) < 4.78 is 44.6. The van der Waals surface area contributed by atoms with Crippen molar-refractivity contribution in [2.24, 2.45) is 0 Å². The van der Waals surface area contributed by atoms with E-state index in [2.05, 4.69) is 20.2 Å². The summed E-state index contributed by atoms with van der Waals surface area (Å²) in [5, 5.41) is 5.33. The van der Waals surface area contributed by atoms with Crippen molar-refractivity contribution in [3.05, 3.63) is 70.9 Å². The molecule has 0 unspecified atom stereocenters. The highest BCUT2D eigenvalue weighted by atomic mass is 19.4. The van der Waals surface area contributed by atoms with Crippen LogP contribution in [0.3, 0.4) is 0 Å². The Kier molecular flexibility index (Phi) is 4.81. The van der Waals surface area contributed by atoms with Gasteiger partial charge < -0.3 is 4.74 Å². The maximum Gasteiger partial charge on any atom is 0.417 e. The van der Waals surface area contributed by atoms with Crippen LogP contribution in [0.25, 0.3) is 11.0 Å². The first-order chi connectivity index (χ1) is 16.2. The number of halogens is 3. The molecule has 172 valence electrons. The number of carbonyl (C=O) groups excluding carboxylic acids is 2. The molecule has 3 aromatic heterocycles. The summed E-state index contributed by atoms with van der Waals surface area (Å²) in [4.78, 5) is 46.4. The van der Waals surface area contributed by atoms with Gasteiger partial charge in [0.25, 0.3) is 11.5 Å². The molecule has 0 atom stereocenters. The number of carbonyl (C=O) groups is 2. The number of rotatable bonds is 4. The Morgan fingerprint density at radius 1 is 0.912 bits per heavy atom. The highest BCUT2D eigenvalue weighted by Gasteiger charge is 2.39. The lowest BCUT2D eigenvalue weighted by Gasteiger charge is -2.18. The van der Waals surface area contributed by atoms with Crippen molar-refractivity contribution in [3.8, 4) is 11.5 Å². The molecule has 34 heavy (non-hydrogen) atoms. The van der Waals surface area contributed by atoms with Crippen LogP contribution < -0.4 is 20.1 Å². The highest BCUT2D eigenvalue weighted by molar-refractivity contribution is 6.26. The lowest BCUT2D eigenvalue weighted by atomic mass is 10.2. The number of benzene rings is 1. The van der Waals surface area contributed by atoms with Crippen LogP contribution >= 0.6 is 0 Å². The summed E-state index contributed by atoms with van der Waals surface area (Å²) in [6, 6.07) is 7.36. The number of aromatic nitrogens is 4. The predicted octanol–water partition coefficient (Wildman–Crippen LogP) is 3.43. The number of fused-ring (bicyclic) bond motifs is 1. The van der Waals surface area contributed by atoms with Gasteiger partial charge in [0, 0.05) is 6.20 Å². The van der Waals surface area contributed by atoms with Crippen molar-refractivity contribution in [1.82, 2.24) is 20.2 Å². The number of nitrogens with one attached hydrogen (secondary N) is 2. The number of pyridine rings is 2. The summed E-state index contributed by atoms with van der Waals surface area (Å²) >= 11 is 0. The second-order valence-electron chi connectivity index (χ2n) is 7.27. The van der Waals surface area contributed by atoms with Gasteiger partial charge in [0.2, 0.25) is 0 Å². The van der Waals surface area contributed by atoms with E-state index >= 15 is 0 Å². The van der Waals surface area contributed by atoms with Crippen molar-refractivity contribution < 1.29 is 27.5 Å². The Hall–Kier alpha value is -4.68. The van der Waals surface area contributed by atoms with Gasteiger partial charge in [0.05, 0.1) is 34.7 Å². The molecular weight excluding hydrogens is 457 g/mol. The quantitative estimate of drug-likeness (QED) is 0.441. The molecule has 1 aromatic carbocycles. The molecule has 13 heteroatoms. The Balaban J connectivity index is 1.35. The number of nitrogens with zero attached hydrogens (tertiary/aromatic N) is 4. The molecule has 0 radical (unpaired) electrons. The molecule has 2 N–H and O–H groups in total. The van der Waals surface area contributed by atoms with Gasteiger partial charge in [-0.3, -0.25) is 29.7 Å². The average molecular weight is 470 g/mol. The molecule has 1 saturated heterocycles. The molecule has 1 aliphatic rings. The summed E-state index contributed by atoms with van der Waals surface area (Å²) in [6.45, 7) is -0.434. The molecular formula is C21H13F3N6O4. The Morgan fingerprint density at radius 2 is 1.68 bits per heavy atom. The van der Waals surface area contributed by atoms with E-state index in [0.29, 0.717) is 28.7 Å². The van der Waals surface area contributed by atoms with E-state index in [9.17, 15) is 27.6 Å². The van der Waals surface area contributed by atoms with Gasteiger partial charge in [-0.05, 0) is 36.4 Å². The van der Waals surface area contributed by atoms with Crippen molar-refractivity contribution >= 4 is 34.3 Å². The highest BCUT2D eigenvalue weighted by Crippen LogP contribution is 2.33. The predicted molar refractivity (Wildman–Crippen MR) is 113 cm³/mol. The topological polar surface area (TPSA) is 124 Å². The first-order valence-corrected chi connectivity index (χ1v) is 9.72. The van der Waals surface area contributed by atoms with Crippen LogP contribution in [-0.2, 0) is 11.0 Å². The van der Waals surface area contributed by atoms with E-state index in [1.54, 1.807) is 0 Å². The van der Waals surface area contributed by atoms with Gasteiger partial charge in [-0.1, -0.05) is 0 Å². The van der Waals surface area contributed by atoms with Gasteiger partial charge in [0.1, 0.15) is 18.0 Å². The van der Waals surface area contributed by atoms with E-state index in [1.807, 2.05) is 0 Å². The van der Waals surface area contributed by atoms with Crippen molar-refractivity contribution in [2.75, 3.05) is 16.3 Å². The number of hydrogen-bond donors (Lipinski definition) is 2. The normalized spacial score (nSPS) is 14.3. The lowest BCUT2D eigenvalue weighted by molar-refractivity contribution is -0.137. The molecule has 3 amide bonds. The Morgan fingerprint density at radius 3 is 2.41 bits per heavy atom. The Labute approximate surface area is 187 Å². The van der Waals surface area contributed by atoms with Crippen LogP contribution in [0, 0.1) is 0 Å². The molecule has 0 spiro atoms. The van der Waals surface area contributed by atoms with Crippen LogP contribution in [0.2, 0.25) is 0 Å². The summed E-state index contributed by atoms with van der Waals surface area (Å²) in [5.74, 6) is 0.0224. The molecule has 1 fully saturated rings. The molecule has 4 aromatic rings. The largest absolute Gasteiger partial charge is 0.456 e. The van der Waals surface area contributed by atoms with Crippen molar-refractivity contribution in [3.63, 3.8) is 0 Å². The van der Waals surface area contributed by atoms with Crippen molar-refractivity contribution in [2.45, 2.75) is 6.18 Å². The van der Waals surface area contributed by atoms with Gasteiger partial charge >= 0.3 is 12.2 Å². The van der Waals surface area contributed by atoms with Crippen LogP contribution in [0.5, 0.6) is 11.5 Å². The summed E-state index contributed by atoms with van der Waals surface area (Å²) in [5.41, 5.74) is -0.938. The summed E-state index contributed by atoms with van der Waals surface area (Å²) in [6.07, 6.45) is -1.50. The zero-order chi connectivity index (χ0) is 24.0. The second-order valence-corrected chi connectivity index (χ2v) is 7.27. The van der Waals surface area contributed by atoms with Gasteiger partial charge in [0.15, 0.2) is 5.65 Å². The second kappa shape index (κ2) is 7.72. The fraction of sp³-hybridized carbons (Fsp3) is 0.0952. The lowest BCUT2D eigenvalue weighted by Crippen LogP contribution is -2.33. The number of imide groups is 1. The van der Waals surface area contributed by atoms with Gasteiger partial charge in [-0.2, -0.15) is 13.2 Å². The van der Waals surface area contributed by atoms with E-state index < -0.39 is 30.2 Å². The monoisotopic (exact) mass is 470 g/mol. The minimum Gasteiger partial charge on any atom is -0.456 e. The number of anilines is 2. The third-order valence-electron chi connectivity index (χ3n) is 5.06.